The van der Waals surface area contributed by atoms with E-state index >= 15 is 4.39 Å². The number of amides is 1. The number of aromatic nitrogens is 4. The minimum absolute atomic E-state index is 0.0385. The van der Waals surface area contributed by atoms with Gasteiger partial charge in [-0.2, -0.15) is 5.10 Å². The second-order valence-corrected chi connectivity index (χ2v) is 15.1. The van der Waals surface area contributed by atoms with Crippen LogP contribution in [0.4, 0.5) is 13.2 Å². The van der Waals surface area contributed by atoms with Crippen molar-refractivity contribution < 1.29 is 22.7 Å². The standard InChI is InChI=1S/C34H42ClF3N6O2/c1-18-24(35)16-22-28(39-18)34(46-29(22)33(6,7)31-40-19(2)41-42-31)11-14-43(15-12-34)30(45)21-10-13-44(32(3,4)5)17-23(21)20-8-9-25(36)27(38)26(20)37/h8-9,16,21,23,29H,10-15,17H2,1-7H3,(H,40,41,42)/t21-,23+,29+/m1/s1. The highest BCUT2D eigenvalue weighted by Crippen LogP contribution is 2.55. The van der Waals surface area contributed by atoms with Crippen LogP contribution in [-0.4, -0.2) is 67.6 Å². The summed E-state index contributed by atoms with van der Waals surface area (Å²) in [6, 6.07) is 4.17. The Bertz CT molecular complexity index is 1660. The number of carbonyl (C=O) groups is 1. The van der Waals surface area contributed by atoms with Crippen LogP contribution < -0.4 is 0 Å². The maximum absolute atomic E-state index is 15.2. The summed E-state index contributed by atoms with van der Waals surface area (Å²) in [7, 11) is 0. The number of ether oxygens (including phenoxy) is 1. The fourth-order valence-corrected chi connectivity index (χ4v) is 7.63. The number of pyridine rings is 1. The number of rotatable bonds is 4. The van der Waals surface area contributed by atoms with E-state index in [0.29, 0.717) is 67.8 Å². The number of aromatic amines is 1. The molecule has 1 amide bonds. The molecule has 2 fully saturated rings. The zero-order valence-electron chi connectivity index (χ0n) is 27.5. The number of halogens is 4. The lowest BCUT2D eigenvalue weighted by molar-refractivity contribution is -0.153. The highest BCUT2D eigenvalue weighted by Gasteiger charge is 2.54. The molecule has 3 aliphatic heterocycles. The van der Waals surface area contributed by atoms with Crippen LogP contribution in [0.5, 0.6) is 0 Å². The fourth-order valence-electron chi connectivity index (χ4n) is 7.47. The van der Waals surface area contributed by atoms with E-state index in [-0.39, 0.29) is 17.0 Å². The summed E-state index contributed by atoms with van der Waals surface area (Å²) >= 11 is 6.59. The van der Waals surface area contributed by atoms with Crippen molar-refractivity contribution >= 4 is 17.5 Å². The number of piperidine rings is 2. The smallest absolute Gasteiger partial charge is 0.226 e. The Morgan fingerprint density at radius 3 is 2.35 bits per heavy atom. The van der Waals surface area contributed by atoms with E-state index in [1.165, 1.54) is 6.07 Å². The molecule has 0 unspecified atom stereocenters. The maximum Gasteiger partial charge on any atom is 0.226 e. The molecule has 0 saturated carbocycles. The summed E-state index contributed by atoms with van der Waals surface area (Å²) in [5.74, 6) is -3.95. The van der Waals surface area contributed by atoms with Crippen molar-refractivity contribution in [2.45, 2.75) is 96.3 Å². The minimum atomic E-state index is -1.51. The van der Waals surface area contributed by atoms with Crippen LogP contribution in [0.15, 0.2) is 18.2 Å². The van der Waals surface area contributed by atoms with Gasteiger partial charge in [0.1, 0.15) is 11.4 Å². The normalized spacial score (nSPS) is 23.6. The van der Waals surface area contributed by atoms with Crippen LogP contribution in [-0.2, 0) is 20.5 Å². The molecule has 3 atom stereocenters. The number of hydrogen-bond donors (Lipinski definition) is 1. The topological polar surface area (TPSA) is 87.2 Å². The lowest BCUT2D eigenvalue weighted by atomic mass is 9.77. The van der Waals surface area contributed by atoms with Gasteiger partial charge in [0, 0.05) is 42.6 Å². The maximum atomic E-state index is 15.2. The lowest BCUT2D eigenvalue weighted by Crippen LogP contribution is -2.54. The van der Waals surface area contributed by atoms with E-state index in [9.17, 15) is 13.6 Å². The van der Waals surface area contributed by atoms with Gasteiger partial charge in [0.25, 0.3) is 0 Å². The van der Waals surface area contributed by atoms with Crippen molar-refractivity contribution in [2.75, 3.05) is 26.2 Å². The first-order valence-electron chi connectivity index (χ1n) is 16.0. The monoisotopic (exact) mass is 658 g/mol. The number of benzene rings is 1. The minimum Gasteiger partial charge on any atom is -0.359 e. The molecule has 1 N–H and O–H groups in total. The van der Waals surface area contributed by atoms with Gasteiger partial charge in [-0.15, -0.1) is 0 Å². The molecule has 3 aliphatic rings. The van der Waals surface area contributed by atoms with E-state index in [1.54, 1.807) is 0 Å². The third-order valence-electron chi connectivity index (χ3n) is 10.3. The van der Waals surface area contributed by atoms with Crippen LogP contribution in [0.2, 0.25) is 5.02 Å². The first-order chi connectivity index (χ1) is 21.5. The molecule has 2 saturated heterocycles. The van der Waals surface area contributed by atoms with Crippen LogP contribution in [0.1, 0.15) is 100 Å². The van der Waals surface area contributed by atoms with Gasteiger partial charge in [-0.1, -0.05) is 17.7 Å². The summed E-state index contributed by atoms with van der Waals surface area (Å²) in [6.07, 6.45) is 1.06. The Morgan fingerprint density at radius 1 is 1.02 bits per heavy atom. The zero-order chi connectivity index (χ0) is 33.3. The summed E-state index contributed by atoms with van der Waals surface area (Å²) in [5, 5.41) is 7.92. The molecule has 1 aromatic carbocycles. The first-order valence-corrected chi connectivity index (χ1v) is 16.3. The van der Waals surface area contributed by atoms with Crippen LogP contribution in [0, 0.1) is 37.2 Å². The van der Waals surface area contributed by atoms with Crippen molar-refractivity contribution in [1.82, 2.24) is 30.0 Å². The highest BCUT2D eigenvalue weighted by molar-refractivity contribution is 6.31. The summed E-state index contributed by atoms with van der Waals surface area (Å²) in [5.41, 5.74) is 0.870. The van der Waals surface area contributed by atoms with E-state index < -0.39 is 46.4 Å². The molecule has 6 rings (SSSR count). The van der Waals surface area contributed by atoms with E-state index in [2.05, 4.69) is 40.9 Å². The predicted octanol–water partition coefficient (Wildman–Crippen LogP) is 6.66. The molecule has 0 radical (unpaired) electrons. The van der Waals surface area contributed by atoms with Crippen LogP contribution >= 0.6 is 11.6 Å². The van der Waals surface area contributed by atoms with Gasteiger partial charge in [-0.3, -0.25) is 19.8 Å². The Hall–Kier alpha value is -3.02. The SMILES string of the molecule is Cc1nc(C(C)(C)[C@H]2OC3(CCN(C(=O)[C@@H]4CCN(C(C)(C)C)C[C@H]4c4ccc(F)c(F)c4F)CC3)c3nc(C)c(Cl)cc32)n[nH]1. The number of fused-ring (bicyclic) bond motifs is 2. The molecule has 46 heavy (non-hydrogen) atoms. The van der Waals surface area contributed by atoms with Gasteiger partial charge < -0.3 is 9.64 Å². The fraction of sp³-hybridized carbons (Fsp3) is 0.588. The number of aryl methyl sites for hydroxylation is 2. The number of nitrogens with one attached hydrogen (secondary N) is 1. The zero-order valence-corrected chi connectivity index (χ0v) is 28.2. The van der Waals surface area contributed by atoms with E-state index in [0.717, 1.165) is 17.3 Å². The van der Waals surface area contributed by atoms with Crippen molar-refractivity contribution in [2.24, 2.45) is 5.92 Å². The molecule has 0 bridgehead atoms. The molecule has 0 aliphatic carbocycles. The molecule has 2 aromatic heterocycles. The van der Waals surface area contributed by atoms with Gasteiger partial charge in [-0.25, -0.2) is 18.2 Å². The Labute approximate surface area is 273 Å². The average Bonchev–Trinajstić information content (AvgIpc) is 3.58. The second-order valence-electron chi connectivity index (χ2n) is 14.7. The summed E-state index contributed by atoms with van der Waals surface area (Å²) in [6.45, 7) is 15.8. The number of H-pyrrole nitrogens is 1. The summed E-state index contributed by atoms with van der Waals surface area (Å²) in [4.78, 5) is 27.8. The number of likely N-dealkylation sites (tertiary alicyclic amines) is 2. The molecule has 12 heteroatoms. The molecule has 8 nitrogen and oxygen atoms in total. The van der Waals surface area contributed by atoms with E-state index in [1.807, 2.05) is 38.7 Å². The van der Waals surface area contributed by atoms with Crippen LogP contribution in [0.3, 0.4) is 0 Å². The van der Waals surface area contributed by atoms with Crippen LogP contribution in [0.25, 0.3) is 0 Å². The molecule has 3 aromatic rings. The van der Waals surface area contributed by atoms with Crippen molar-refractivity contribution in [3.8, 4) is 0 Å². The van der Waals surface area contributed by atoms with Crippen molar-refractivity contribution in [3.05, 3.63) is 74.8 Å². The highest BCUT2D eigenvalue weighted by atomic mass is 35.5. The molecular formula is C34H42ClF3N6O2. The largest absolute Gasteiger partial charge is 0.359 e. The first kappa shape index (κ1) is 32.9. The molecular weight excluding hydrogens is 617 g/mol. The van der Waals surface area contributed by atoms with Gasteiger partial charge in [0.05, 0.1) is 27.9 Å². The predicted molar refractivity (Wildman–Crippen MR) is 168 cm³/mol. The molecule has 5 heterocycles. The number of hydrogen-bond acceptors (Lipinski definition) is 6. The molecule has 248 valence electrons. The lowest BCUT2D eigenvalue weighted by Gasteiger charge is -2.47. The quantitative estimate of drug-likeness (QED) is 0.316. The Kier molecular flexibility index (Phi) is 8.29. The molecule has 1 spiro atoms. The average molecular weight is 659 g/mol. The number of carbonyl (C=O) groups excluding carboxylic acids is 1. The third-order valence-corrected chi connectivity index (χ3v) is 10.7. The Balaban J connectivity index is 1.27. The van der Waals surface area contributed by atoms with Gasteiger partial charge >= 0.3 is 0 Å². The second kappa shape index (κ2) is 11.6. The third kappa shape index (κ3) is 5.52. The van der Waals surface area contributed by atoms with Gasteiger partial charge in [-0.05, 0) is 92.0 Å². The van der Waals surface area contributed by atoms with Crippen molar-refractivity contribution in [1.29, 1.82) is 0 Å². The van der Waals surface area contributed by atoms with E-state index in [4.69, 9.17) is 21.3 Å². The Morgan fingerprint density at radius 2 is 1.72 bits per heavy atom. The number of nitrogens with zero attached hydrogens (tertiary/aromatic N) is 5. The van der Waals surface area contributed by atoms with Gasteiger partial charge in [0.15, 0.2) is 23.3 Å². The van der Waals surface area contributed by atoms with Crippen molar-refractivity contribution in [3.63, 3.8) is 0 Å². The van der Waals surface area contributed by atoms with Gasteiger partial charge in [0.2, 0.25) is 5.91 Å². The summed E-state index contributed by atoms with van der Waals surface area (Å²) < 4.78 is 50.5.